The van der Waals surface area contributed by atoms with Gasteiger partial charge in [0.25, 0.3) is 0 Å². The maximum atomic E-state index is 10.2. The molecule has 0 aliphatic carbocycles. The second-order valence-electron chi connectivity index (χ2n) is 1.71. The summed E-state index contributed by atoms with van der Waals surface area (Å²) in [5.41, 5.74) is 0. The molecule has 0 aromatic carbocycles. The molecule has 0 bridgehead atoms. The summed E-state index contributed by atoms with van der Waals surface area (Å²) in [5, 5.41) is 8.13. The van der Waals surface area contributed by atoms with Gasteiger partial charge in [-0.2, -0.15) is 0 Å². The van der Waals surface area contributed by atoms with Crippen molar-refractivity contribution < 1.29 is 19.4 Å². The van der Waals surface area contributed by atoms with Gasteiger partial charge in [0, 0.05) is 20.6 Å². The van der Waals surface area contributed by atoms with E-state index in [1.54, 1.807) is 21.1 Å². The highest BCUT2D eigenvalue weighted by molar-refractivity contribution is 5.68. The molecule has 0 atom stereocenters. The van der Waals surface area contributed by atoms with Crippen LogP contribution in [0.5, 0.6) is 0 Å². The maximum absolute atomic E-state index is 10.2. The molecule has 11 heavy (non-hydrogen) atoms. The second kappa shape index (κ2) is 12.1. The first kappa shape index (κ1) is 13.0. The first-order valence-corrected chi connectivity index (χ1v) is 3.39. The number of esters is 1. The third-order valence-electron chi connectivity index (χ3n) is 0.643. The van der Waals surface area contributed by atoms with Crippen LogP contribution >= 0.6 is 0 Å². The standard InChI is InChI=1S/C5H10O3.C2H6O/c1-2-5(7)8-4-3-6;1-3-2/h6H,2-4H2,1H3;1-2H3. The topological polar surface area (TPSA) is 55.8 Å². The summed E-state index contributed by atoms with van der Waals surface area (Å²) in [6.45, 7) is 1.73. The van der Waals surface area contributed by atoms with Crippen molar-refractivity contribution in [3.63, 3.8) is 0 Å². The minimum absolute atomic E-state index is 0.0915. The van der Waals surface area contributed by atoms with Crippen molar-refractivity contribution in [3.8, 4) is 0 Å². The van der Waals surface area contributed by atoms with Gasteiger partial charge < -0.3 is 14.6 Å². The van der Waals surface area contributed by atoms with Gasteiger partial charge in [-0.15, -0.1) is 0 Å². The number of aliphatic hydroxyl groups excluding tert-OH is 1. The highest BCUT2D eigenvalue weighted by Crippen LogP contribution is 1.81. The smallest absolute Gasteiger partial charge is 0.305 e. The van der Waals surface area contributed by atoms with E-state index in [4.69, 9.17) is 5.11 Å². The quantitative estimate of drug-likeness (QED) is 0.605. The van der Waals surface area contributed by atoms with Crippen LogP contribution in [0, 0.1) is 0 Å². The Morgan fingerprint density at radius 3 is 2.18 bits per heavy atom. The Labute approximate surface area is 67.1 Å². The maximum Gasteiger partial charge on any atom is 0.305 e. The van der Waals surface area contributed by atoms with E-state index >= 15 is 0 Å². The Morgan fingerprint density at radius 1 is 1.45 bits per heavy atom. The van der Waals surface area contributed by atoms with Crippen LogP contribution < -0.4 is 0 Å². The lowest BCUT2D eigenvalue weighted by atomic mass is 10.5. The van der Waals surface area contributed by atoms with Crippen LogP contribution in [0.1, 0.15) is 13.3 Å². The van der Waals surface area contributed by atoms with Gasteiger partial charge in [-0.1, -0.05) is 6.92 Å². The largest absolute Gasteiger partial charge is 0.463 e. The molecule has 0 aliphatic rings. The van der Waals surface area contributed by atoms with Crippen LogP contribution in [0.3, 0.4) is 0 Å². The van der Waals surface area contributed by atoms with Gasteiger partial charge in [-0.05, 0) is 0 Å². The fourth-order valence-electron chi connectivity index (χ4n) is 0.262. The van der Waals surface area contributed by atoms with Gasteiger partial charge in [0.2, 0.25) is 0 Å². The number of aliphatic hydroxyl groups is 1. The Bertz CT molecular complexity index is 82.5. The summed E-state index contributed by atoms with van der Waals surface area (Å²) in [6, 6.07) is 0. The van der Waals surface area contributed by atoms with E-state index in [-0.39, 0.29) is 19.2 Å². The van der Waals surface area contributed by atoms with E-state index < -0.39 is 0 Å². The average molecular weight is 164 g/mol. The lowest BCUT2D eigenvalue weighted by Gasteiger charge is -1.96. The SMILES string of the molecule is CCC(=O)OCCO.COC. The van der Waals surface area contributed by atoms with Crippen LogP contribution in [0.25, 0.3) is 0 Å². The number of hydrogen-bond donors (Lipinski definition) is 1. The van der Waals surface area contributed by atoms with Crippen molar-refractivity contribution in [2.45, 2.75) is 13.3 Å². The van der Waals surface area contributed by atoms with E-state index in [0.29, 0.717) is 6.42 Å². The Balaban J connectivity index is 0. The molecule has 68 valence electrons. The molecule has 4 heteroatoms. The number of rotatable bonds is 3. The molecule has 0 unspecified atom stereocenters. The minimum atomic E-state index is -0.265. The summed E-state index contributed by atoms with van der Waals surface area (Å²) in [5.74, 6) is -0.265. The number of carbonyl (C=O) groups excluding carboxylic acids is 1. The fraction of sp³-hybridized carbons (Fsp3) is 0.857. The lowest BCUT2D eigenvalue weighted by Crippen LogP contribution is -2.06. The molecule has 0 aliphatic heterocycles. The highest BCUT2D eigenvalue weighted by atomic mass is 16.5. The number of ether oxygens (including phenoxy) is 2. The van der Waals surface area contributed by atoms with Crippen LogP contribution in [0.2, 0.25) is 0 Å². The van der Waals surface area contributed by atoms with E-state index in [1.807, 2.05) is 0 Å². The first-order valence-electron chi connectivity index (χ1n) is 3.39. The molecule has 0 saturated carbocycles. The zero-order valence-corrected chi connectivity index (χ0v) is 7.29. The third-order valence-corrected chi connectivity index (χ3v) is 0.643. The van der Waals surface area contributed by atoms with Crippen molar-refractivity contribution in [1.82, 2.24) is 0 Å². The highest BCUT2D eigenvalue weighted by Gasteiger charge is 1.93. The first-order chi connectivity index (χ1) is 5.22. The molecule has 0 spiro atoms. The van der Waals surface area contributed by atoms with Gasteiger partial charge in [-0.25, -0.2) is 0 Å². The summed E-state index contributed by atoms with van der Waals surface area (Å²) in [4.78, 5) is 10.2. The molecule has 0 aromatic heterocycles. The van der Waals surface area contributed by atoms with Crippen molar-refractivity contribution in [1.29, 1.82) is 0 Å². The molecular formula is C7H16O4. The Morgan fingerprint density at radius 2 is 1.91 bits per heavy atom. The van der Waals surface area contributed by atoms with E-state index in [9.17, 15) is 4.79 Å². The fourth-order valence-corrected chi connectivity index (χ4v) is 0.262. The Hall–Kier alpha value is -0.610. The summed E-state index contributed by atoms with van der Waals surface area (Å²) >= 11 is 0. The van der Waals surface area contributed by atoms with E-state index in [1.165, 1.54) is 0 Å². The molecule has 0 fully saturated rings. The Kier molecular flexibility index (Phi) is 14.3. The van der Waals surface area contributed by atoms with Crippen LogP contribution in [-0.4, -0.2) is 38.5 Å². The minimum Gasteiger partial charge on any atom is -0.463 e. The van der Waals surface area contributed by atoms with Crippen molar-refractivity contribution in [2.75, 3.05) is 27.4 Å². The van der Waals surface area contributed by atoms with Gasteiger partial charge in [0.05, 0.1) is 6.61 Å². The van der Waals surface area contributed by atoms with Crippen molar-refractivity contribution in [3.05, 3.63) is 0 Å². The van der Waals surface area contributed by atoms with E-state index in [2.05, 4.69) is 9.47 Å². The average Bonchev–Trinajstić information content (AvgIpc) is 2.02. The monoisotopic (exact) mass is 164 g/mol. The molecule has 0 saturated heterocycles. The van der Waals surface area contributed by atoms with Gasteiger partial charge in [0.1, 0.15) is 6.61 Å². The molecule has 0 radical (unpaired) electrons. The van der Waals surface area contributed by atoms with Crippen molar-refractivity contribution >= 4 is 5.97 Å². The third kappa shape index (κ3) is 17.7. The zero-order chi connectivity index (χ0) is 9.11. The lowest BCUT2D eigenvalue weighted by molar-refractivity contribution is -0.144. The molecule has 0 rings (SSSR count). The predicted octanol–water partition coefficient (Wildman–Crippen LogP) is 0.194. The van der Waals surface area contributed by atoms with Crippen LogP contribution in [-0.2, 0) is 14.3 Å². The van der Waals surface area contributed by atoms with Gasteiger partial charge in [0.15, 0.2) is 0 Å². The number of carbonyl (C=O) groups is 1. The molecule has 4 nitrogen and oxygen atoms in total. The summed E-state index contributed by atoms with van der Waals surface area (Å²) in [7, 11) is 3.25. The summed E-state index contributed by atoms with van der Waals surface area (Å²) < 4.78 is 8.70. The van der Waals surface area contributed by atoms with Crippen LogP contribution in [0.15, 0.2) is 0 Å². The van der Waals surface area contributed by atoms with Gasteiger partial charge in [-0.3, -0.25) is 4.79 Å². The molecule has 0 amide bonds. The molecule has 0 heterocycles. The van der Waals surface area contributed by atoms with Crippen molar-refractivity contribution in [2.24, 2.45) is 0 Å². The molecule has 0 aromatic rings. The van der Waals surface area contributed by atoms with Gasteiger partial charge >= 0.3 is 5.97 Å². The predicted molar refractivity (Wildman–Crippen MR) is 41.3 cm³/mol. The molecular weight excluding hydrogens is 148 g/mol. The number of hydrogen-bond acceptors (Lipinski definition) is 4. The summed E-state index contributed by atoms with van der Waals surface area (Å²) in [6.07, 6.45) is 0.375. The number of methoxy groups -OCH3 is 1. The van der Waals surface area contributed by atoms with E-state index in [0.717, 1.165) is 0 Å². The second-order valence-corrected chi connectivity index (χ2v) is 1.71. The molecule has 1 N–H and O–H groups in total. The van der Waals surface area contributed by atoms with Crippen LogP contribution in [0.4, 0.5) is 0 Å². The normalized spacial score (nSPS) is 8.00. The zero-order valence-electron chi connectivity index (χ0n) is 7.29.